The van der Waals surface area contributed by atoms with E-state index in [1.807, 2.05) is 48.5 Å². The van der Waals surface area contributed by atoms with Crippen molar-refractivity contribution in [2.24, 2.45) is 0 Å². The van der Waals surface area contributed by atoms with Gasteiger partial charge in [0, 0.05) is 28.4 Å². The van der Waals surface area contributed by atoms with Crippen molar-refractivity contribution in [3.8, 4) is 0 Å². The Morgan fingerprint density at radius 2 is 1.77 bits per heavy atom. The van der Waals surface area contributed by atoms with Gasteiger partial charge in [0.25, 0.3) is 5.91 Å². The fourth-order valence-corrected chi connectivity index (χ4v) is 4.18. The number of nitrogens with zero attached hydrogens (tertiary/aromatic N) is 1. The van der Waals surface area contributed by atoms with Crippen LogP contribution in [-0.2, 0) is 11.2 Å². The Balaban J connectivity index is 1.46. The summed E-state index contributed by atoms with van der Waals surface area (Å²) in [4.78, 5) is 28.0. The van der Waals surface area contributed by atoms with Gasteiger partial charge in [-0.3, -0.25) is 9.59 Å². The summed E-state index contributed by atoms with van der Waals surface area (Å²) in [6.07, 6.45) is 1.81. The van der Waals surface area contributed by atoms with Gasteiger partial charge in [-0.2, -0.15) is 0 Å². The summed E-state index contributed by atoms with van der Waals surface area (Å²) in [5.74, 6) is -0.268. The predicted molar refractivity (Wildman–Crippen MR) is 119 cm³/mol. The molecular weight excluding hydrogens is 399 g/mol. The van der Waals surface area contributed by atoms with Crippen LogP contribution in [0, 0.1) is 5.82 Å². The molecule has 0 aromatic heterocycles. The smallest absolute Gasteiger partial charge is 0.258 e. The summed E-state index contributed by atoms with van der Waals surface area (Å²) in [7, 11) is 0. The number of benzene rings is 3. The highest BCUT2D eigenvalue weighted by atomic mass is 32.2. The Hall–Kier alpha value is -3.12. The second kappa shape index (κ2) is 9.13. The van der Waals surface area contributed by atoms with Crippen LogP contribution >= 0.6 is 11.8 Å². The molecule has 0 spiro atoms. The van der Waals surface area contributed by atoms with Crippen LogP contribution in [0.15, 0.2) is 77.7 Å². The van der Waals surface area contributed by atoms with Gasteiger partial charge in [-0.15, -0.1) is 11.8 Å². The topological polar surface area (TPSA) is 49.4 Å². The van der Waals surface area contributed by atoms with E-state index in [1.165, 1.54) is 23.9 Å². The van der Waals surface area contributed by atoms with Crippen molar-refractivity contribution >= 4 is 35.0 Å². The van der Waals surface area contributed by atoms with E-state index in [-0.39, 0.29) is 23.4 Å². The molecule has 0 fully saturated rings. The van der Waals surface area contributed by atoms with Crippen LogP contribution in [0.5, 0.6) is 0 Å². The van der Waals surface area contributed by atoms with Crippen molar-refractivity contribution in [2.45, 2.75) is 17.7 Å². The van der Waals surface area contributed by atoms with Crippen molar-refractivity contribution in [3.63, 3.8) is 0 Å². The number of amides is 2. The SMILES string of the molecule is O=C(CSc1ccc(F)cc1)Nc1ccc2c(c1)N(C(=O)c1ccccc1)CCC2. The molecule has 1 aliphatic heterocycles. The minimum Gasteiger partial charge on any atom is -0.325 e. The van der Waals surface area contributed by atoms with E-state index in [4.69, 9.17) is 0 Å². The minimum absolute atomic E-state index is 0.0353. The first-order valence-electron chi connectivity index (χ1n) is 9.78. The third-order valence-electron chi connectivity index (χ3n) is 4.94. The monoisotopic (exact) mass is 420 g/mol. The second-order valence-corrected chi connectivity index (χ2v) is 8.11. The molecule has 2 amide bonds. The molecule has 0 unspecified atom stereocenters. The number of thioether (sulfide) groups is 1. The molecular formula is C24H21FN2O2S. The van der Waals surface area contributed by atoms with Crippen LogP contribution < -0.4 is 10.2 Å². The molecule has 0 saturated heterocycles. The summed E-state index contributed by atoms with van der Waals surface area (Å²) in [6, 6.07) is 21.0. The van der Waals surface area contributed by atoms with Crippen LogP contribution in [0.4, 0.5) is 15.8 Å². The van der Waals surface area contributed by atoms with Crippen LogP contribution in [0.2, 0.25) is 0 Å². The summed E-state index contributed by atoms with van der Waals surface area (Å²) in [5.41, 5.74) is 3.25. The van der Waals surface area contributed by atoms with E-state index >= 15 is 0 Å². The second-order valence-electron chi connectivity index (χ2n) is 7.06. The molecule has 0 bridgehead atoms. The zero-order valence-electron chi connectivity index (χ0n) is 16.3. The average Bonchev–Trinajstić information content (AvgIpc) is 2.78. The largest absolute Gasteiger partial charge is 0.325 e. The van der Waals surface area contributed by atoms with E-state index < -0.39 is 0 Å². The minimum atomic E-state index is -0.299. The molecule has 0 radical (unpaired) electrons. The molecule has 0 aliphatic carbocycles. The molecule has 4 rings (SSSR count). The lowest BCUT2D eigenvalue weighted by atomic mass is 10.00. The summed E-state index contributed by atoms with van der Waals surface area (Å²) in [5, 5.41) is 2.90. The van der Waals surface area contributed by atoms with Gasteiger partial charge in [-0.05, 0) is 66.9 Å². The van der Waals surface area contributed by atoms with Crippen LogP contribution in [0.25, 0.3) is 0 Å². The molecule has 0 saturated carbocycles. The third-order valence-corrected chi connectivity index (χ3v) is 5.95. The lowest BCUT2D eigenvalue weighted by Crippen LogP contribution is -2.35. The molecule has 6 heteroatoms. The molecule has 3 aromatic rings. The number of aryl methyl sites for hydroxylation is 1. The predicted octanol–water partition coefficient (Wildman–Crippen LogP) is 5.15. The zero-order chi connectivity index (χ0) is 20.9. The van der Waals surface area contributed by atoms with Crippen molar-refractivity contribution in [2.75, 3.05) is 22.5 Å². The van der Waals surface area contributed by atoms with Crippen molar-refractivity contribution in [1.29, 1.82) is 0 Å². The van der Waals surface area contributed by atoms with Gasteiger partial charge in [0.15, 0.2) is 0 Å². The fraction of sp³-hybridized carbons (Fsp3) is 0.167. The maximum atomic E-state index is 13.0. The van der Waals surface area contributed by atoms with Crippen molar-refractivity contribution in [3.05, 3.63) is 89.7 Å². The van der Waals surface area contributed by atoms with E-state index in [0.29, 0.717) is 17.8 Å². The van der Waals surface area contributed by atoms with E-state index in [9.17, 15) is 14.0 Å². The molecule has 1 heterocycles. The first-order chi connectivity index (χ1) is 14.6. The van der Waals surface area contributed by atoms with Gasteiger partial charge in [0.2, 0.25) is 5.91 Å². The van der Waals surface area contributed by atoms with Crippen molar-refractivity contribution in [1.82, 2.24) is 0 Å². The summed E-state index contributed by atoms with van der Waals surface area (Å²) < 4.78 is 13.0. The fourth-order valence-electron chi connectivity index (χ4n) is 3.48. The first kappa shape index (κ1) is 20.2. The zero-order valence-corrected chi connectivity index (χ0v) is 17.1. The Labute approximate surface area is 179 Å². The van der Waals surface area contributed by atoms with E-state index in [2.05, 4.69) is 5.32 Å². The Morgan fingerprint density at radius 3 is 2.53 bits per heavy atom. The Bertz CT molecular complexity index is 1050. The summed E-state index contributed by atoms with van der Waals surface area (Å²) >= 11 is 1.34. The van der Waals surface area contributed by atoms with Gasteiger partial charge in [0.05, 0.1) is 5.75 Å². The van der Waals surface area contributed by atoms with Crippen molar-refractivity contribution < 1.29 is 14.0 Å². The number of hydrogen-bond acceptors (Lipinski definition) is 3. The lowest BCUT2D eigenvalue weighted by Gasteiger charge is -2.30. The van der Waals surface area contributed by atoms with Gasteiger partial charge in [0.1, 0.15) is 5.82 Å². The highest BCUT2D eigenvalue weighted by Gasteiger charge is 2.24. The number of anilines is 2. The average molecular weight is 421 g/mol. The molecule has 1 aliphatic rings. The lowest BCUT2D eigenvalue weighted by molar-refractivity contribution is -0.113. The van der Waals surface area contributed by atoms with Gasteiger partial charge >= 0.3 is 0 Å². The summed E-state index contributed by atoms with van der Waals surface area (Å²) in [6.45, 7) is 0.651. The molecule has 3 aromatic carbocycles. The number of nitrogens with one attached hydrogen (secondary N) is 1. The quantitative estimate of drug-likeness (QED) is 0.581. The number of fused-ring (bicyclic) bond motifs is 1. The maximum Gasteiger partial charge on any atom is 0.258 e. The Morgan fingerprint density at radius 1 is 1.00 bits per heavy atom. The van der Waals surface area contributed by atoms with Gasteiger partial charge < -0.3 is 10.2 Å². The Kier molecular flexibility index (Phi) is 6.14. The third kappa shape index (κ3) is 4.71. The van der Waals surface area contributed by atoms with Gasteiger partial charge in [-0.1, -0.05) is 24.3 Å². The molecule has 1 N–H and O–H groups in total. The standard InChI is InChI=1S/C24H21FN2O2S/c25-19-9-12-21(13-10-19)30-16-23(28)26-20-11-8-17-7-4-14-27(22(17)15-20)24(29)18-5-2-1-3-6-18/h1-3,5-6,8-13,15H,4,7,14,16H2,(H,26,28). The van der Waals surface area contributed by atoms with E-state index in [0.717, 1.165) is 29.0 Å². The molecule has 30 heavy (non-hydrogen) atoms. The van der Waals surface area contributed by atoms with Gasteiger partial charge in [-0.25, -0.2) is 4.39 Å². The normalized spacial score (nSPS) is 12.9. The van der Waals surface area contributed by atoms with Crippen LogP contribution in [0.3, 0.4) is 0 Å². The number of rotatable bonds is 5. The highest BCUT2D eigenvalue weighted by molar-refractivity contribution is 8.00. The van der Waals surface area contributed by atoms with E-state index in [1.54, 1.807) is 17.0 Å². The number of carbonyl (C=O) groups is 2. The first-order valence-corrected chi connectivity index (χ1v) is 10.8. The molecule has 4 nitrogen and oxygen atoms in total. The molecule has 0 atom stereocenters. The molecule has 152 valence electrons. The highest BCUT2D eigenvalue weighted by Crippen LogP contribution is 2.31. The number of hydrogen-bond donors (Lipinski definition) is 1. The maximum absolute atomic E-state index is 13.0. The van der Waals surface area contributed by atoms with Crippen LogP contribution in [-0.4, -0.2) is 24.1 Å². The number of carbonyl (C=O) groups excluding carboxylic acids is 2. The van der Waals surface area contributed by atoms with Crippen LogP contribution in [0.1, 0.15) is 22.3 Å². The number of halogens is 1.